The highest BCUT2D eigenvalue weighted by atomic mass is 16.6. The van der Waals surface area contributed by atoms with Gasteiger partial charge in [-0.05, 0) is 117 Å². The Hall–Kier alpha value is -1.77. The first-order chi connectivity index (χ1) is 19.7. The summed E-state index contributed by atoms with van der Waals surface area (Å²) in [5, 5.41) is 56.6. The number of ketones is 1. The van der Waals surface area contributed by atoms with E-state index < -0.39 is 34.2 Å². The van der Waals surface area contributed by atoms with Crippen molar-refractivity contribution in [2.45, 2.75) is 122 Å². The zero-order valence-corrected chi connectivity index (χ0v) is 25.8. The molecule has 232 valence electrons. The second-order valence-electron chi connectivity index (χ2n) is 15.4. The topological polar surface area (TPSA) is 131 Å². The van der Waals surface area contributed by atoms with Crippen molar-refractivity contribution in [2.24, 2.45) is 40.4 Å². The number of epoxide rings is 1. The Balaban J connectivity index is 1.40. The summed E-state index contributed by atoms with van der Waals surface area (Å²) in [5.74, 6) is 0.129. The van der Waals surface area contributed by atoms with Crippen LogP contribution in [-0.4, -0.2) is 66.9 Å². The van der Waals surface area contributed by atoms with Crippen LogP contribution in [0, 0.1) is 40.4 Å². The van der Waals surface area contributed by atoms with E-state index in [0.717, 1.165) is 17.6 Å². The van der Waals surface area contributed by atoms with Crippen molar-refractivity contribution >= 4 is 5.78 Å². The van der Waals surface area contributed by atoms with Gasteiger partial charge in [-0.25, -0.2) is 0 Å². The Morgan fingerprint density at radius 2 is 1.83 bits per heavy atom. The van der Waals surface area contributed by atoms with E-state index in [1.165, 1.54) is 0 Å². The second-order valence-corrected chi connectivity index (χ2v) is 15.4. The summed E-state index contributed by atoms with van der Waals surface area (Å²) in [7, 11) is 0. The molecule has 0 bridgehead atoms. The molecule has 1 aliphatic heterocycles. The van der Waals surface area contributed by atoms with Crippen LogP contribution < -0.4 is 0 Å². The molecule has 5 aliphatic rings. The van der Waals surface area contributed by atoms with Gasteiger partial charge in [0.25, 0.3) is 0 Å². The number of hydrogen-bond acceptors (Lipinski definition) is 7. The number of phenolic OH excluding ortho intramolecular Hbond substituents is 1. The van der Waals surface area contributed by atoms with Crippen LogP contribution in [0.3, 0.4) is 0 Å². The number of aryl methyl sites for hydroxylation is 1. The predicted octanol–water partition coefficient (Wildman–Crippen LogP) is 4.32. The highest BCUT2D eigenvalue weighted by Gasteiger charge is 2.72. The summed E-state index contributed by atoms with van der Waals surface area (Å²) in [6.07, 6.45) is 3.80. The van der Waals surface area contributed by atoms with Gasteiger partial charge in [-0.3, -0.25) is 4.79 Å². The van der Waals surface area contributed by atoms with E-state index >= 15 is 0 Å². The largest absolute Gasteiger partial charge is 0.508 e. The summed E-state index contributed by atoms with van der Waals surface area (Å²) >= 11 is 0. The number of carbonyl (C=O) groups excluding carboxylic acids is 1. The Morgan fingerprint density at radius 1 is 1.10 bits per heavy atom. The molecule has 0 amide bonds. The smallest absolute Gasteiger partial charge is 0.159 e. The van der Waals surface area contributed by atoms with E-state index in [4.69, 9.17) is 4.74 Å². The lowest BCUT2D eigenvalue weighted by atomic mass is 9.44. The van der Waals surface area contributed by atoms with Crippen molar-refractivity contribution in [1.29, 1.82) is 0 Å². The normalized spacial score (nSPS) is 45.0. The average molecular weight is 583 g/mol. The molecule has 0 radical (unpaired) electrons. The number of aliphatic hydroxyl groups excluding tert-OH is 2. The number of fused-ring (bicyclic) bond motifs is 5. The first-order valence-corrected chi connectivity index (χ1v) is 16.2. The Bertz CT molecular complexity index is 1260. The van der Waals surface area contributed by atoms with Crippen molar-refractivity contribution < 1.29 is 35.1 Å². The number of aliphatic hydroxyl groups is 4. The van der Waals surface area contributed by atoms with Crippen molar-refractivity contribution in [2.75, 3.05) is 0 Å². The summed E-state index contributed by atoms with van der Waals surface area (Å²) < 4.78 is 6.20. The summed E-state index contributed by atoms with van der Waals surface area (Å²) in [4.78, 5) is 13.7. The van der Waals surface area contributed by atoms with E-state index in [1.54, 1.807) is 18.2 Å². The zero-order valence-electron chi connectivity index (χ0n) is 25.8. The van der Waals surface area contributed by atoms with Crippen LogP contribution in [0.4, 0.5) is 0 Å². The molecule has 1 aromatic rings. The van der Waals surface area contributed by atoms with Crippen LogP contribution in [-0.2, 0) is 16.0 Å². The van der Waals surface area contributed by atoms with Crippen LogP contribution in [0.5, 0.6) is 5.75 Å². The van der Waals surface area contributed by atoms with Crippen molar-refractivity contribution in [3.8, 4) is 5.75 Å². The number of benzene rings is 1. The van der Waals surface area contributed by atoms with Crippen LogP contribution >= 0.6 is 0 Å². The van der Waals surface area contributed by atoms with E-state index in [-0.39, 0.29) is 47.9 Å². The molecule has 0 spiro atoms. The summed E-state index contributed by atoms with van der Waals surface area (Å²) in [6, 6.07) is 7.22. The minimum absolute atomic E-state index is 0.0292. The van der Waals surface area contributed by atoms with Gasteiger partial charge >= 0.3 is 0 Å². The molecule has 42 heavy (non-hydrogen) atoms. The minimum atomic E-state index is -1.29. The number of carbonyl (C=O) groups is 1. The molecule has 1 saturated heterocycles. The number of hydrogen-bond donors (Lipinski definition) is 5. The lowest BCUT2D eigenvalue weighted by Crippen LogP contribution is -2.63. The third-order valence-electron chi connectivity index (χ3n) is 13.0. The highest BCUT2D eigenvalue weighted by molar-refractivity contribution is 5.95. The van der Waals surface area contributed by atoms with Gasteiger partial charge in [0.05, 0.1) is 29.5 Å². The molecule has 0 aromatic heterocycles. The van der Waals surface area contributed by atoms with Gasteiger partial charge in [0.2, 0.25) is 0 Å². The lowest BCUT2D eigenvalue weighted by molar-refractivity contribution is -0.168. The highest BCUT2D eigenvalue weighted by Crippen LogP contribution is 2.70. The van der Waals surface area contributed by atoms with Gasteiger partial charge in [0, 0.05) is 11.3 Å². The Kier molecular flexibility index (Phi) is 7.30. The third-order valence-corrected chi connectivity index (χ3v) is 13.0. The van der Waals surface area contributed by atoms with Gasteiger partial charge in [-0.1, -0.05) is 39.8 Å². The zero-order chi connectivity index (χ0) is 30.4. The van der Waals surface area contributed by atoms with Crippen molar-refractivity contribution in [1.82, 2.24) is 0 Å². The standard InChI is InChI=1S/C35H50O7/c1-19(2)20(3)30-31(42-30)33(5,40)29-11-14-35(41)24-16-26(37)25-17-27(38)28(39)18-32(25,4)23(24)10-13-34(29,35)12-9-21-7-6-8-22(36)15-21/h6-8,15-16,19-20,23,25,27-31,36,38-41H,9-14,17-18H2,1-5H3/t20-,23-,25-,27-,28+,29+,30-,31-,32-,33-,34-,35+/m1/s1. The fourth-order valence-corrected chi connectivity index (χ4v) is 10.2. The molecule has 12 atom stereocenters. The van der Waals surface area contributed by atoms with Crippen molar-refractivity contribution in [3.05, 3.63) is 41.5 Å². The number of rotatable bonds is 7. The molecule has 1 aromatic carbocycles. The summed E-state index contributed by atoms with van der Waals surface area (Å²) in [5.41, 5.74) is -1.97. The van der Waals surface area contributed by atoms with Crippen molar-refractivity contribution in [3.63, 3.8) is 0 Å². The van der Waals surface area contributed by atoms with Crippen LogP contribution in [0.15, 0.2) is 35.9 Å². The maximum Gasteiger partial charge on any atom is 0.159 e. The Labute approximate surface area is 250 Å². The molecule has 7 nitrogen and oxygen atoms in total. The monoisotopic (exact) mass is 582 g/mol. The van der Waals surface area contributed by atoms with Gasteiger partial charge in [0.15, 0.2) is 5.78 Å². The van der Waals surface area contributed by atoms with Crippen LogP contribution in [0.25, 0.3) is 0 Å². The number of aromatic hydroxyl groups is 1. The molecule has 6 rings (SSSR count). The van der Waals surface area contributed by atoms with E-state index in [1.807, 2.05) is 19.1 Å². The van der Waals surface area contributed by atoms with E-state index in [0.29, 0.717) is 50.4 Å². The molecule has 4 fully saturated rings. The first kappa shape index (κ1) is 30.3. The second kappa shape index (κ2) is 10.1. The average Bonchev–Trinajstić information content (AvgIpc) is 3.67. The van der Waals surface area contributed by atoms with Gasteiger partial charge in [-0.15, -0.1) is 0 Å². The molecule has 0 unspecified atom stereocenters. The van der Waals surface area contributed by atoms with E-state index in [9.17, 15) is 30.3 Å². The Morgan fingerprint density at radius 3 is 2.52 bits per heavy atom. The fourth-order valence-electron chi connectivity index (χ4n) is 10.2. The molecular formula is C35H50O7. The fraction of sp³-hybridized carbons (Fsp3) is 0.743. The molecule has 1 heterocycles. The predicted molar refractivity (Wildman–Crippen MR) is 158 cm³/mol. The molecular weight excluding hydrogens is 532 g/mol. The summed E-state index contributed by atoms with van der Waals surface area (Å²) in [6.45, 7) is 10.5. The lowest BCUT2D eigenvalue weighted by Gasteiger charge is -2.61. The molecule has 7 heteroatoms. The third kappa shape index (κ3) is 4.36. The van der Waals surface area contributed by atoms with Gasteiger partial charge in [-0.2, -0.15) is 0 Å². The SMILES string of the molecule is CC(C)[C@@H](C)[C@H]1O[C@H]1[C@](C)(O)[C@@H]1CC[C@]2(O)C3=CC(=O)[C@H]4C[C@@H](O)[C@@H](O)C[C@]4(C)[C@@H]3CC[C@]12CCc1cccc(O)c1. The van der Waals surface area contributed by atoms with Gasteiger partial charge < -0.3 is 30.3 Å². The van der Waals surface area contributed by atoms with Crippen LogP contribution in [0.1, 0.15) is 85.1 Å². The first-order valence-electron chi connectivity index (χ1n) is 16.2. The number of ether oxygens (including phenoxy) is 1. The minimum Gasteiger partial charge on any atom is -0.508 e. The molecule has 3 saturated carbocycles. The quantitative estimate of drug-likeness (QED) is 0.303. The van der Waals surface area contributed by atoms with Crippen LogP contribution in [0.2, 0.25) is 0 Å². The molecule has 4 aliphatic carbocycles. The maximum atomic E-state index is 13.7. The van der Waals surface area contributed by atoms with Gasteiger partial charge in [0.1, 0.15) is 11.9 Å². The maximum absolute atomic E-state index is 13.7. The number of allylic oxidation sites excluding steroid dienone is 1. The number of phenols is 1. The van der Waals surface area contributed by atoms with E-state index in [2.05, 4.69) is 27.7 Å². The molecule has 5 N–H and O–H groups in total.